The van der Waals surface area contributed by atoms with Crippen LogP contribution >= 0.6 is 0 Å². The molecule has 2 rings (SSSR count). The zero-order chi connectivity index (χ0) is 13.7. The molecule has 0 aromatic carbocycles. The zero-order valence-electron chi connectivity index (χ0n) is 10.8. The maximum absolute atomic E-state index is 12.2. The Hall–Kier alpha value is -2.09. The molecule has 0 saturated carbocycles. The average Bonchev–Trinajstić information content (AvgIpc) is 2.92. The minimum absolute atomic E-state index is 0.326. The number of rotatable bonds is 4. The van der Waals surface area contributed by atoms with Gasteiger partial charge in [-0.3, -0.25) is 9.59 Å². The smallest absolute Gasteiger partial charge is 0.296 e. The minimum Gasteiger partial charge on any atom is -0.344 e. The molecule has 1 aromatic heterocycles. The van der Waals surface area contributed by atoms with Gasteiger partial charge < -0.3 is 9.47 Å². The van der Waals surface area contributed by atoms with Gasteiger partial charge in [0.2, 0.25) is 0 Å². The van der Waals surface area contributed by atoms with Crippen molar-refractivity contribution in [2.45, 2.75) is 32.2 Å². The summed E-state index contributed by atoms with van der Waals surface area (Å²) in [5, 5.41) is 8.58. The summed E-state index contributed by atoms with van der Waals surface area (Å²) in [4.78, 5) is 25.9. The van der Waals surface area contributed by atoms with Crippen LogP contribution in [0.15, 0.2) is 18.3 Å². The van der Waals surface area contributed by atoms with Gasteiger partial charge in [0.15, 0.2) is 0 Å². The summed E-state index contributed by atoms with van der Waals surface area (Å²) >= 11 is 0. The number of Topliss-reactive ketones (excluding diaryl/α,β-unsaturated/α-hetero) is 1. The van der Waals surface area contributed by atoms with Crippen molar-refractivity contribution in [1.82, 2.24) is 9.47 Å². The second-order valence-corrected chi connectivity index (χ2v) is 4.68. The predicted octanol–water partition coefficient (Wildman–Crippen LogP) is 1.60. The molecule has 0 spiro atoms. The molecule has 0 atom stereocenters. The first-order chi connectivity index (χ1) is 9.24. The standard InChI is InChI=1S/C14H17N3O2/c15-7-5-11-16-10-4-6-12(16)13(18)14(19)17-8-2-1-3-9-17/h4,6,10H,1-3,5,8-9,11H2. The van der Waals surface area contributed by atoms with E-state index in [1.165, 1.54) is 0 Å². The lowest BCUT2D eigenvalue weighted by Crippen LogP contribution is -2.40. The zero-order valence-corrected chi connectivity index (χ0v) is 10.8. The molecule has 1 saturated heterocycles. The van der Waals surface area contributed by atoms with E-state index in [0.29, 0.717) is 31.7 Å². The van der Waals surface area contributed by atoms with Crippen molar-refractivity contribution in [3.8, 4) is 6.07 Å². The van der Waals surface area contributed by atoms with Crippen molar-refractivity contribution in [1.29, 1.82) is 5.26 Å². The summed E-state index contributed by atoms with van der Waals surface area (Å²) in [5.74, 6) is -0.888. The third kappa shape index (κ3) is 3.02. The highest BCUT2D eigenvalue weighted by Gasteiger charge is 2.26. The predicted molar refractivity (Wildman–Crippen MR) is 69.4 cm³/mol. The van der Waals surface area contributed by atoms with Crippen molar-refractivity contribution in [3.63, 3.8) is 0 Å². The van der Waals surface area contributed by atoms with Crippen LogP contribution in [0.3, 0.4) is 0 Å². The van der Waals surface area contributed by atoms with Crippen LogP contribution in [0, 0.1) is 11.3 Å². The SMILES string of the molecule is N#CCCn1cccc1C(=O)C(=O)N1CCCCC1. The molecule has 100 valence electrons. The third-order valence-corrected chi connectivity index (χ3v) is 3.36. The number of nitrogens with zero attached hydrogens (tertiary/aromatic N) is 3. The van der Waals surface area contributed by atoms with E-state index in [9.17, 15) is 9.59 Å². The Kier molecular flexibility index (Phi) is 4.35. The lowest BCUT2D eigenvalue weighted by Gasteiger charge is -2.26. The molecule has 1 fully saturated rings. The van der Waals surface area contributed by atoms with Crippen LogP contribution in [0.1, 0.15) is 36.2 Å². The molecule has 2 heterocycles. The second kappa shape index (κ2) is 6.19. The Labute approximate surface area is 112 Å². The number of piperidine rings is 1. The Morgan fingerprint density at radius 2 is 2.00 bits per heavy atom. The van der Waals surface area contributed by atoms with Gasteiger partial charge in [-0.25, -0.2) is 0 Å². The monoisotopic (exact) mass is 259 g/mol. The topological polar surface area (TPSA) is 66.1 Å². The third-order valence-electron chi connectivity index (χ3n) is 3.36. The number of likely N-dealkylation sites (tertiary alicyclic amines) is 1. The Bertz CT molecular complexity index is 507. The number of carbonyl (C=O) groups is 2. The van der Waals surface area contributed by atoms with Crippen LogP contribution < -0.4 is 0 Å². The summed E-state index contributed by atoms with van der Waals surface area (Å²) in [6.07, 6.45) is 5.11. The summed E-state index contributed by atoms with van der Waals surface area (Å²) in [7, 11) is 0. The lowest BCUT2D eigenvalue weighted by atomic mass is 10.1. The quantitative estimate of drug-likeness (QED) is 0.609. The number of carbonyl (C=O) groups excluding carboxylic acids is 2. The molecule has 0 bridgehead atoms. The van der Waals surface area contributed by atoms with Crippen LogP contribution in [-0.4, -0.2) is 34.2 Å². The van der Waals surface area contributed by atoms with E-state index < -0.39 is 11.7 Å². The van der Waals surface area contributed by atoms with Crippen LogP contribution in [-0.2, 0) is 11.3 Å². The first-order valence-corrected chi connectivity index (χ1v) is 6.59. The molecule has 0 radical (unpaired) electrons. The van der Waals surface area contributed by atoms with Gasteiger partial charge >= 0.3 is 0 Å². The fourth-order valence-electron chi connectivity index (χ4n) is 2.34. The second-order valence-electron chi connectivity index (χ2n) is 4.68. The number of hydrogen-bond donors (Lipinski definition) is 0. The van der Waals surface area contributed by atoms with E-state index in [2.05, 4.69) is 0 Å². The summed E-state index contributed by atoms with van der Waals surface area (Å²) in [6.45, 7) is 1.78. The first-order valence-electron chi connectivity index (χ1n) is 6.59. The van der Waals surface area contributed by atoms with E-state index in [1.54, 1.807) is 27.8 Å². The molecule has 0 aliphatic carbocycles. The van der Waals surface area contributed by atoms with Gasteiger partial charge in [-0.2, -0.15) is 5.26 Å². The van der Waals surface area contributed by atoms with Gasteiger partial charge in [-0.1, -0.05) is 0 Å². The normalized spacial score (nSPS) is 15.0. The average molecular weight is 259 g/mol. The number of hydrogen-bond acceptors (Lipinski definition) is 3. The van der Waals surface area contributed by atoms with Crippen molar-refractivity contribution in [2.24, 2.45) is 0 Å². The molecule has 1 aliphatic rings. The molecule has 0 unspecified atom stereocenters. The maximum Gasteiger partial charge on any atom is 0.296 e. The van der Waals surface area contributed by atoms with Crippen LogP contribution in [0.4, 0.5) is 0 Å². The van der Waals surface area contributed by atoms with Gasteiger partial charge in [0, 0.05) is 25.8 Å². The molecule has 1 aromatic rings. The molecule has 1 amide bonds. The van der Waals surface area contributed by atoms with E-state index in [4.69, 9.17) is 5.26 Å². The Morgan fingerprint density at radius 1 is 1.26 bits per heavy atom. The minimum atomic E-state index is -0.468. The van der Waals surface area contributed by atoms with Crippen molar-refractivity contribution < 1.29 is 9.59 Å². The van der Waals surface area contributed by atoms with E-state index in [1.807, 2.05) is 6.07 Å². The van der Waals surface area contributed by atoms with Gasteiger partial charge in [0.1, 0.15) is 0 Å². The molecule has 1 aliphatic heterocycles. The summed E-state index contributed by atoms with van der Waals surface area (Å²) in [6, 6.07) is 5.41. The van der Waals surface area contributed by atoms with Crippen molar-refractivity contribution >= 4 is 11.7 Å². The lowest BCUT2D eigenvalue weighted by molar-refractivity contribution is -0.127. The van der Waals surface area contributed by atoms with E-state index in [-0.39, 0.29) is 0 Å². The van der Waals surface area contributed by atoms with Gasteiger partial charge in [-0.15, -0.1) is 0 Å². The summed E-state index contributed by atoms with van der Waals surface area (Å²) < 4.78 is 1.67. The maximum atomic E-state index is 12.2. The number of aryl methyl sites for hydroxylation is 1. The molecule has 5 nitrogen and oxygen atoms in total. The highest BCUT2D eigenvalue weighted by Crippen LogP contribution is 2.12. The fraction of sp³-hybridized carbons (Fsp3) is 0.500. The Morgan fingerprint density at radius 3 is 2.68 bits per heavy atom. The first kappa shape index (κ1) is 13.3. The van der Waals surface area contributed by atoms with Gasteiger partial charge in [-0.05, 0) is 31.4 Å². The fourth-order valence-corrected chi connectivity index (χ4v) is 2.34. The molecular formula is C14H17N3O2. The van der Waals surface area contributed by atoms with Crippen LogP contribution in [0.25, 0.3) is 0 Å². The molecule has 5 heteroatoms. The van der Waals surface area contributed by atoms with Crippen molar-refractivity contribution in [3.05, 3.63) is 24.0 Å². The molecule has 0 N–H and O–H groups in total. The number of amides is 1. The van der Waals surface area contributed by atoms with Gasteiger partial charge in [0.25, 0.3) is 11.7 Å². The van der Waals surface area contributed by atoms with Crippen LogP contribution in [0.2, 0.25) is 0 Å². The molecular weight excluding hydrogens is 242 g/mol. The number of ketones is 1. The van der Waals surface area contributed by atoms with E-state index in [0.717, 1.165) is 19.3 Å². The Balaban J connectivity index is 2.08. The largest absolute Gasteiger partial charge is 0.344 e. The highest BCUT2D eigenvalue weighted by atomic mass is 16.2. The number of nitriles is 1. The van der Waals surface area contributed by atoms with Crippen LogP contribution in [0.5, 0.6) is 0 Å². The van der Waals surface area contributed by atoms with Gasteiger partial charge in [0.05, 0.1) is 18.2 Å². The summed E-state index contributed by atoms with van der Waals surface area (Å²) in [5.41, 5.74) is 0.380. The molecule has 19 heavy (non-hydrogen) atoms. The van der Waals surface area contributed by atoms with E-state index >= 15 is 0 Å². The highest BCUT2D eigenvalue weighted by molar-refractivity contribution is 6.42. The van der Waals surface area contributed by atoms with Crippen molar-refractivity contribution in [2.75, 3.05) is 13.1 Å². The number of aromatic nitrogens is 1.